The Morgan fingerprint density at radius 1 is 0.815 bits per heavy atom. The van der Waals surface area contributed by atoms with Crippen LogP contribution in [-0.4, -0.2) is 52.2 Å². The second kappa shape index (κ2) is 12.0. The van der Waals surface area contributed by atoms with Gasteiger partial charge in [0.25, 0.3) is 0 Å². The molecule has 0 fully saturated rings. The molecule has 1 aromatic rings. The van der Waals surface area contributed by atoms with Gasteiger partial charge < -0.3 is 18.9 Å². The average molecular weight is 399 g/mol. The van der Waals surface area contributed by atoms with E-state index in [0.29, 0.717) is 0 Å². The second-order valence-electron chi connectivity index (χ2n) is 4.60. The third-order valence-corrected chi connectivity index (χ3v) is 2.75. The fraction of sp³-hybridized carbons (Fsp3) is 0.500. The number of nitrogens with zero attached hydrogens (tertiary/aromatic N) is 3. The van der Waals surface area contributed by atoms with Crippen LogP contribution >= 0.6 is 0 Å². The minimum Gasteiger partial charge on any atom is -0.418 e. The van der Waals surface area contributed by atoms with Crippen molar-refractivity contribution in [2.24, 2.45) is 5.11 Å². The lowest BCUT2D eigenvalue weighted by Gasteiger charge is -2.09. The van der Waals surface area contributed by atoms with E-state index in [1.165, 1.54) is 0 Å². The zero-order valence-corrected chi connectivity index (χ0v) is 13.7. The molecule has 0 heterocycles. The van der Waals surface area contributed by atoms with Gasteiger partial charge in [0.05, 0.1) is 33.0 Å². The van der Waals surface area contributed by atoms with Gasteiger partial charge in [0, 0.05) is 11.5 Å². The van der Waals surface area contributed by atoms with Crippen LogP contribution in [0.3, 0.4) is 0 Å². The molecule has 27 heavy (non-hydrogen) atoms. The molecule has 0 bridgehead atoms. The third kappa shape index (κ3) is 7.35. The molecule has 0 amide bonds. The fourth-order valence-corrected chi connectivity index (χ4v) is 1.56. The number of hydrogen-bond acceptors (Lipinski definition) is 6. The monoisotopic (exact) mass is 399 g/mol. The Hall–Kier alpha value is -2.47. The van der Waals surface area contributed by atoms with Gasteiger partial charge >= 0.3 is 5.97 Å². The molecule has 0 unspecified atom stereocenters. The van der Waals surface area contributed by atoms with Crippen LogP contribution in [0.4, 0.5) is 22.0 Å². The van der Waals surface area contributed by atoms with Crippen molar-refractivity contribution in [3.63, 3.8) is 0 Å². The first-order valence-electron chi connectivity index (χ1n) is 7.36. The van der Waals surface area contributed by atoms with E-state index in [1.54, 1.807) is 0 Å². The quantitative estimate of drug-likeness (QED) is 0.0619. The summed E-state index contributed by atoms with van der Waals surface area (Å²) >= 11 is 0. The molecule has 150 valence electrons. The minimum atomic E-state index is -2.36. The molecule has 1 rings (SSSR count). The number of carbonyl (C=O) groups excluding carboxylic acids is 1. The smallest absolute Gasteiger partial charge is 0.337 e. The van der Waals surface area contributed by atoms with Crippen LogP contribution in [0.15, 0.2) is 5.11 Å². The van der Waals surface area contributed by atoms with Crippen molar-refractivity contribution < 1.29 is 45.7 Å². The van der Waals surface area contributed by atoms with Gasteiger partial charge in [-0.3, -0.25) is 0 Å². The van der Waals surface area contributed by atoms with E-state index in [4.69, 9.17) is 19.7 Å². The summed E-state index contributed by atoms with van der Waals surface area (Å²) in [6.45, 7) is -0.0396. The molecular weight excluding hydrogens is 385 g/mol. The number of carbonyl (C=O) groups is 1. The summed E-state index contributed by atoms with van der Waals surface area (Å²) in [5.74, 6) is -14.4. The number of azide groups is 1. The van der Waals surface area contributed by atoms with Crippen molar-refractivity contribution in [2.45, 2.75) is 0 Å². The summed E-state index contributed by atoms with van der Waals surface area (Å²) in [6, 6.07) is 0. The van der Waals surface area contributed by atoms with Crippen LogP contribution < -0.4 is 4.74 Å². The maximum absolute atomic E-state index is 13.3. The van der Waals surface area contributed by atoms with Gasteiger partial charge in [-0.25, -0.2) is 18.0 Å². The lowest BCUT2D eigenvalue weighted by Crippen LogP contribution is -2.20. The Bertz CT molecular complexity index is 671. The van der Waals surface area contributed by atoms with E-state index in [0.717, 1.165) is 0 Å². The first-order chi connectivity index (χ1) is 12.9. The largest absolute Gasteiger partial charge is 0.418 e. The number of hydrogen-bond donors (Lipinski definition) is 0. The van der Waals surface area contributed by atoms with E-state index < -0.39 is 47.4 Å². The van der Waals surface area contributed by atoms with Crippen LogP contribution in [0, 0.1) is 29.1 Å². The van der Waals surface area contributed by atoms with Crippen molar-refractivity contribution in [3.05, 3.63) is 39.5 Å². The fourth-order valence-electron chi connectivity index (χ4n) is 1.56. The number of halogens is 5. The summed E-state index contributed by atoms with van der Waals surface area (Å²) < 4.78 is 84.4. The Morgan fingerprint density at radius 3 is 1.85 bits per heavy atom. The van der Waals surface area contributed by atoms with E-state index >= 15 is 0 Å². The maximum atomic E-state index is 13.3. The summed E-state index contributed by atoms with van der Waals surface area (Å²) in [6.07, 6.45) is 0. The molecule has 0 radical (unpaired) electrons. The lowest BCUT2D eigenvalue weighted by molar-refractivity contribution is -0.140. The number of esters is 1. The molecule has 0 aliphatic rings. The highest BCUT2D eigenvalue weighted by Crippen LogP contribution is 2.29. The molecule has 8 nitrogen and oxygen atoms in total. The van der Waals surface area contributed by atoms with Gasteiger partial charge in [-0.2, -0.15) is 8.78 Å². The summed E-state index contributed by atoms with van der Waals surface area (Å²) in [7, 11) is 0. The van der Waals surface area contributed by atoms with Gasteiger partial charge in [-0.05, 0) is 5.53 Å². The molecule has 1 aromatic carbocycles. The zero-order valence-electron chi connectivity index (χ0n) is 13.7. The SMILES string of the molecule is [N-]=[N+]=NCCOCCOCCOCC(=O)Oc1c(F)c(F)c(F)c(F)c1F. The van der Waals surface area contributed by atoms with Gasteiger partial charge in [-0.15, -0.1) is 0 Å². The minimum absolute atomic E-state index is 0.0372. The van der Waals surface area contributed by atoms with Crippen LogP contribution in [-0.2, 0) is 19.0 Å². The molecule has 0 aromatic heterocycles. The van der Waals surface area contributed by atoms with Crippen LogP contribution in [0.25, 0.3) is 10.4 Å². The van der Waals surface area contributed by atoms with Crippen molar-refractivity contribution in [3.8, 4) is 5.75 Å². The average Bonchev–Trinajstić information content (AvgIpc) is 2.66. The molecular formula is C14H14F5N3O5. The normalized spacial score (nSPS) is 10.6. The summed E-state index contributed by atoms with van der Waals surface area (Å²) in [5, 5.41) is 3.25. The van der Waals surface area contributed by atoms with Crippen LogP contribution in [0.1, 0.15) is 0 Å². The predicted molar refractivity (Wildman–Crippen MR) is 78.3 cm³/mol. The molecule has 0 saturated heterocycles. The van der Waals surface area contributed by atoms with Crippen LogP contribution in [0.5, 0.6) is 5.75 Å². The predicted octanol–water partition coefficient (Wildman–Crippen LogP) is 2.65. The Kier molecular flexibility index (Phi) is 10.0. The zero-order chi connectivity index (χ0) is 20.2. The molecule has 0 saturated carbocycles. The van der Waals surface area contributed by atoms with E-state index in [1.807, 2.05) is 0 Å². The van der Waals surface area contributed by atoms with E-state index in [-0.39, 0.29) is 39.6 Å². The van der Waals surface area contributed by atoms with Gasteiger partial charge in [0.2, 0.25) is 34.8 Å². The second-order valence-corrected chi connectivity index (χ2v) is 4.60. The highest BCUT2D eigenvalue weighted by molar-refractivity contribution is 5.73. The van der Waals surface area contributed by atoms with E-state index in [2.05, 4.69) is 14.8 Å². The van der Waals surface area contributed by atoms with Gasteiger partial charge in [-0.1, -0.05) is 5.11 Å². The number of rotatable bonds is 12. The highest BCUT2D eigenvalue weighted by Gasteiger charge is 2.28. The van der Waals surface area contributed by atoms with E-state index in [9.17, 15) is 26.7 Å². The summed E-state index contributed by atoms with van der Waals surface area (Å²) in [5.41, 5.74) is 8.02. The first-order valence-corrected chi connectivity index (χ1v) is 7.36. The van der Waals surface area contributed by atoms with Crippen molar-refractivity contribution >= 4 is 5.97 Å². The summed E-state index contributed by atoms with van der Waals surface area (Å²) in [4.78, 5) is 13.9. The lowest BCUT2D eigenvalue weighted by atomic mass is 10.2. The van der Waals surface area contributed by atoms with Crippen molar-refractivity contribution in [1.82, 2.24) is 0 Å². The Balaban J connectivity index is 2.25. The highest BCUT2D eigenvalue weighted by atomic mass is 19.2. The molecule has 13 heteroatoms. The van der Waals surface area contributed by atoms with Gasteiger partial charge in [0.15, 0.2) is 0 Å². The number of ether oxygens (including phenoxy) is 4. The maximum Gasteiger partial charge on any atom is 0.337 e. The van der Waals surface area contributed by atoms with Crippen LogP contribution in [0.2, 0.25) is 0 Å². The Labute approximate surface area is 149 Å². The standard InChI is InChI=1S/C14H14F5N3O5/c15-9-10(16)12(18)14(13(19)11(9)17)27-8(23)7-26-6-5-25-4-3-24-2-1-21-22-20/h1-7H2. The molecule has 0 aliphatic carbocycles. The van der Waals surface area contributed by atoms with Crippen molar-refractivity contribution in [2.75, 3.05) is 46.2 Å². The number of benzene rings is 1. The molecule has 0 spiro atoms. The van der Waals surface area contributed by atoms with Gasteiger partial charge in [0.1, 0.15) is 6.61 Å². The molecule has 0 atom stereocenters. The first kappa shape index (κ1) is 22.6. The topological polar surface area (TPSA) is 103 Å². The Morgan fingerprint density at radius 2 is 1.30 bits per heavy atom. The third-order valence-electron chi connectivity index (χ3n) is 2.75. The molecule has 0 aliphatic heterocycles. The molecule has 0 N–H and O–H groups in total. The van der Waals surface area contributed by atoms with Crippen molar-refractivity contribution in [1.29, 1.82) is 0 Å².